The van der Waals surface area contributed by atoms with Crippen molar-refractivity contribution >= 4 is 22.6 Å². The number of halogens is 1. The highest BCUT2D eigenvalue weighted by Crippen LogP contribution is 2.31. The SMILES string of the molecule is COc1cc2c(cc1C(=O)N1C[C@H](C)N(Cc3ccc(F)cc3)CC1C)c(C(C)=O)cn2N. The Morgan fingerprint density at radius 1 is 1.09 bits per heavy atom. The molecule has 0 saturated carbocycles. The Morgan fingerprint density at radius 3 is 2.42 bits per heavy atom. The predicted octanol–water partition coefficient (Wildman–Crippen LogP) is 3.44. The smallest absolute Gasteiger partial charge is 0.257 e. The van der Waals surface area contributed by atoms with Gasteiger partial charge in [0.1, 0.15) is 11.6 Å². The van der Waals surface area contributed by atoms with Gasteiger partial charge in [-0.25, -0.2) is 4.39 Å². The number of aromatic nitrogens is 1. The van der Waals surface area contributed by atoms with Crippen LogP contribution in [-0.2, 0) is 6.54 Å². The zero-order valence-electron chi connectivity index (χ0n) is 19.3. The molecule has 1 saturated heterocycles. The molecule has 1 unspecified atom stereocenters. The average Bonchev–Trinajstić information content (AvgIpc) is 3.12. The third-order valence-electron chi connectivity index (χ3n) is 6.44. The molecule has 174 valence electrons. The third kappa shape index (κ3) is 4.30. The summed E-state index contributed by atoms with van der Waals surface area (Å²) in [6.45, 7) is 7.49. The Morgan fingerprint density at radius 2 is 1.79 bits per heavy atom. The van der Waals surface area contributed by atoms with Gasteiger partial charge in [-0.3, -0.25) is 19.2 Å². The number of methoxy groups -OCH3 is 1. The monoisotopic (exact) mass is 452 g/mol. The van der Waals surface area contributed by atoms with Gasteiger partial charge in [-0.15, -0.1) is 0 Å². The lowest BCUT2D eigenvalue weighted by molar-refractivity contribution is 0.0288. The van der Waals surface area contributed by atoms with E-state index in [0.717, 1.165) is 5.56 Å². The van der Waals surface area contributed by atoms with E-state index in [2.05, 4.69) is 11.8 Å². The first kappa shape index (κ1) is 22.8. The summed E-state index contributed by atoms with van der Waals surface area (Å²) in [5.41, 5.74) is 2.53. The summed E-state index contributed by atoms with van der Waals surface area (Å²) in [5, 5.41) is 0.629. The van der Waals surface area contributed by atoms with Crippen LogP contribution >= 0.6 is 0 Å². The summed E-state index contributed by atoms with van der Waals surface area (Å²) in [4.78, 5) is 29.9. The Balaban J connectivity index is 1.60. The van der Waals surface area contributed by atoms with E-state index in [1.165, 1.54) is 30.8 Å². The van der Waals surface area contributed by atoms with Gasteiger partial charge in [0.2, 0.25) is 0 Å². The van der Waals surface area contributed by atoms with E-state index < -0.39 is 0 Å². The minimum Gasteiger partial charge on any atom is -0.496 e. The number of carbonyl (C=O) groups excluding carboxylic acids is 2. The highest BCUT2D eigenvalue weighted by atomic mass is 19.1. The number of amides is 1. The summed E-state index contributed by atoms with van der Waals surface area (Å²) in [5.74, 6) is 5.92. The van der Waals surface area contributed by atoms with E-state index in [0.29, 0.717) is 47.4 Å². The average molecular weight is 453 g/mol. The highest BCUT2D eigenvalue weighted by molar-refractivity contribution is 6.10. The summed E-state index contributed by atoms with van der Waals surface area (Å²) in [6, 6.07) is 10.0. The second-order valence-corrected chi connectivity index (χ2v) is 8.79. The van der Waals surface area contributed by atoms with Gasteiger partial charge in [0.05, 0.1) is 18.2 Å². The van der Waals surface area contributed by atoms with Crippen molar-refractivity contribution < 1.29 is 18.7 Å². The number of hydrogen-bond acceptors (Lipinski definition) is 5. The van der Waals surface area contributed by atoms with E-state index in [4.69, 9.17) is 10.6 Å². The zero-order chi connectivity index (χ0) is 23.9. The number of hydrogen-bond donors (Lipinski definition) is 1. The van der Waals surface area contributed by atoms with Crippen molar-refractivity contribution in [2.24, 2.45) is 0 Å². The number of nitrogens with zero attached hydrogens (tertiary/aromatic N) is 3. The Bertz CT molecular complexity index is 1200. The predicted molar refractivity (Wildman–Crippen MR) is 125 cm³/mol. The number of rotatable bonds is 5. The van der Waals surface area contributed by atoms with Gasteiger partial charge >= 0.3 is 0 Å². The molecule has 0 aliphatic carbocycles. The molecular weight excluding hydrogens is 423 g/mol. The molecule has 3 aromatic rings. The van der Waals surface area contributed by atoms with Crippen LogP contribution in [0.2, 0.25) is 0 Å². The van der Waals surface area contributed by atoms with Crippen molar-refractivity contribution in [3.63, 3.8) is 0 Å². The molecule has 0 bridgehead atoms. The first-order chi connectivity index (χ1) is 15.7. The zero-order valence-corrected chi connectivity index (χ0v) is 19.3. The number of ether oxygens (including phenoxy) is 1. The Labute approximate surface area is 192 Å². The number of carbonyl (C=O) groups is 2. The maximum Gasteiger partial charge on any atom is 0.257 e. The fourth-order valence-corrected chi connectivity index (χ4v) is 4.57. The topological polar surface area (TPSA) is 80.8 Å². The molecular formula is C25H29FN4O3. The molecule has 0 spiro atoms. The lowest BCUT2D eigenvalue weighted by atomic mass is 10.0. The normalized spacial score (nSPS) is 19.1. The van der Waals surface area contributed by atoms with Crippen LogP contribution in [-0.4, -0.2) is 58.4 Å². The maximum atomic E-state index is 13.6. The van der Waals surface area contributed by atoms with Gasteiger partial charge in [0.15, 0.2) is 5.78 Å². The summed E-state index contributed by atoms with van der Waals surface area (Å²) < 4.78 is 20.1. The molecule has 2 N–H and O–H groups in total. The molecule has 1 aliphatic heterocycles. The summed E-state index contributed by atoms with van der Waals surface area (Å²) >= 11 is 0. The largest absolute Gasteiger partial charge is 0.496 e. The molecule has 0 radical (unpaired) electrons. The van der Waals surface area contributed by atoms with E-state index >= 15 is 0 Å². The fourth-order valence-electron chi connectivity index (χ4n) is 4.57. The van der Waals surface area contributed by atoms with Crippen LogP contribution in [0.3, 0.4) is 0 Å². The quantitative estimate of drug-likeness (QED) is 0.474. The lowest BCUT2D eigenvalue weighted by Crippen LogP contribution is -2.57. The molecule has 1 amide bonds. The standard InChI is InChI=1S/C25H29FN4O3/c1-15-12-29(16(2)11-28(15)13-18-5-7-19(26)8-6-18)25(32)21-9-20-22(17(3)31)14-30(27)23(20)10-24(21)33-4/h5-10,14-16H,11-13,27H2,1-4H3/t15-,16?/m0/s1. The molecule has 2 aromatic carbocycles. The summed E-state index contributed by atoms with van der Waals surface area (Å²) in [6.07, 6.45) is 1.57. The number of fused-ring (bicyclic) bond motifs is 1. The second-order valence-electron chi connectivity index (χ2n) is 8.79. The second kappa shape index (κ2) is 8.86. The van der Waals surface area contributed by atoms with Crippen LogP contribution in [0.1, 0.15) is 47.1 Å². The van der Waals surface area contributed by atoms with Crippen LogP contribution in [0.5, 0.6) is 5.75 Å². The number of ketones is 1. The highest BCUT2D eigenvalue weighted by Gasteiger charge is 2.34. The van der Waals surface area contributed by atoms with E-state index in [1.807, 2.05) is 11.8 Å². The van der Waals surface area contributed by atoms with Crippen LogP contribution in [0, 0.1) is 5.82 Å². The molecule has 2 heterocycles. The minimum absolute atomic E-state index is 0.0408. The Kier molecular flexibility index (Phi) is 6.12. The van der Waals surface area contributed by atoms with Crippen LogP contribution in [0.15, 0.2) is 42.6 Å². The maximum absolute atomic E-state index is 13.6. The molecule has 1 fully saturated rings. The molecule has 2 atom stereocenters. The number of piperazine rings is 1. The van der Waals surface area contributed by atoms with Crippen molar-refractivity contribution in [1.82, 2.24) is 14.5 Å². The van der Waals surface area contributed by atoms with Crippen LogP contribution < -0.4 is 10.6 Å². The van der Waals surface area contributed by atoms with Gasteiger partial charge in [0, 0.05) is 54.9 Å². The van der Waals surface area contributed by atoms with Crippen molar-refractivity contribution in [2.45, 2.75) is 39.4 Å². The first-order valence-corrected chi connectivity index (χ1v) is 11.0. The number of benzene rings is 2. The van der Waals surface area contributed by atoms with E-state index in [-0.39, 0.29) is 29.6 Å². The third-order valence-corrected chi connectivity index (χ3v) is 6.44. The fraction of sp³-hybridized carbons (Fsp3) is 0.360. The molecule has 1 aliphatic rings. The van der Waals surface area contributed by atoms with Gasteiger partial charge < -0.3 is 15.5 Å². The number of nitrogen functional groups attached to an aromatic ring is 1. The van der Waals surface area contributed by atoms with Crippen molar-refractivity contribution in [3.05, 3.63) is 65.1 Å². The molecule has 33 heavy (non-hydrogen) atoms. The van der Waals surface area contributed by atoms with Crippen LogP contribution in [0.4, 0.5) is 4.39 Å². The number of Topliss-reactive ketones (excluding diaryl/α,β-unsaturated/α-hetero) is 1. The van der Waals surface area contributed by atoms with Crippen molar-refractivity contribution in [1.29, 1.82) is 0 Å². The minimum atomic E-state index is -0.251. The van der Waals surface area contributed by atoms with Gasteiger partial charge in [-0.1, -0.05) is 12.1 Å². The summed E-state index contributed by atoms with van der Waals surface area (Å²) in [7, 11) is 1.51. The lowest BCUT2D eigenvalue weighted by Gasteiger charge is -2.44. The molecule has 8 heteroatoms. The first-order valence-electron chi connectivity index (χ1n) is 11.0. The molecule has 7 nitrogen and oxygen atoms in total. The van der Waals surface area contributed by atoms with Gasteiger partial charge in [-0.2, -0.15) is 0 Å². The van der Waals surface area contributed by atoms with Gasteiger partial charge in [-0.05, 0) is 44.5 Å². The van der Waals surface area contributed by atoms with E-state index in [1.54, 1.807) is 30.5 Å². The number of nitrogens with two attached hydrogens (primary N) is 1. The van der Waals surface area contributed by atoms with E-state index in [9.17, 15) is 14.0 Å². The van der Waals surface area contributed by atoms with Crippen molar-refractivity contribution in [2.75, 3.05) is 26.0 Å². The van der Waals surface area contributed by atoms with Crippen LogP contribution in [0.25, 0.3) is 10.9 Å². The Hall–Kier alpha value is -3.39. The molecule has 4 rings (SSSR count). The molecule has 1 aromatic heterocycles. The van der Waals surface area contributed by atoms with Crippen molar-refractivity contribution in [3.8, 4) is 5.75 Å². The van der Waals surface area contributed by atoms with Gasteiger partial charge in [0.25, 0.3) is 5.91 Å².